The predicted molar refractivity (Wildman–Crippen MR) is 205 cm³/mol. The molecule has 0 amide bonds. The largest absolute Gasteiger partial charge is 0.459 e. The molecule has 2 N–H and O–H groups in total. The van der Waals surface area contributed by atoms with Crippen molar-refractivity contribution in [3.8, 4) is 0 Å². The Morgan fingerprint density at radius 1 is 0.825 bits per heavy atom. The van der Waals surface area contributed by atoms with E-state index in [1.54, 1.807) is 57.2 Å². The first kappa shape index (κ1) is 44.8. The quantitative estimate of drug-likeness (QED) is 0.186. The number of hydrogen-bond acceptors (Lipinski definition) is 14. The molecule has 2 aromatic rings. The summed E-state index contributed by atoms with van der Waals surface area (Å²) in [6.07, 6.45) is -3.67. The first-order valence-electron chi connectivity index (χ1n) is 18.9. The smallest absolute Gasteiger partial charge is 0.340 e. The summed E-state index contributed by atoms with van der Waals surface area (Å²) >= 11 is 0. The lowest BCUT2D eigenvalue weighted by atomic mass is 9.71. The van der Waals surface area contributed by atoms with Crippen LogP contribution in [0, 0.1) is 23.2 Å². The fourth-order valence-electron chi connectivity index (χ4n) is 7.88. The van der Waals surface area contributed by atoms with E-state index in [9.17, 15) is 34.2 Å². The molecule has 0 bridgehead atoms. The summed E-state index contributed by atoms with van der Waals surface area (Å²) in [5.74, 6) is -6.65. The second kappa shape index (κ2) is 18.1. The van der Waals surface area contributed by atoms with E-state index in [2.05, 4.69) is 11.6 Å². The molecule has 1 fully saturated rings. The van der Waals surface area contributed by atoms with Crippen molar-refractivity contribution in [1.29, 1.82) is 0 Å². The fourth-order valence-corrected chi connectivity index (χ4v) is 7.88. The van der Waals surface area contributed by atoms with Crippen LogP contribution in [0.15, 0.2) is 79.2 Å². The number of carbonyl (C=O) groups is 5. The van der Waals surface area contributed by atoms with E-state index in [1.165, 1.54) is 37.5 Å². The van der Waals surface area contributed by atoms with Gasteiger partial charge in [0.15, 0.2) is 6.10 Å². The lowest BCUT2D eigenvalue weighted by Crippen LogP contribution is -2.59. The highest BCUT2D eigenvalue weighted by molar-refractivity contribution is 5.90. The van der Waals surface area contributed by atoms with Gasteiger partial charge in [0, 0.05) is 57.5 Å². The molecule has 1 aromatic heterocycles. The van der Waals surface area contributed by atoms with Crippen LogP contribution in [0.1, 0.15) is 89.5 Å². The molecule has 310 valence electrons. The first-order chi connectivity index (χ1) is 26.6. The molecule has 4 rings (SSSR count). The van der Waals surface area contributed by atoms with Crippen LogP contribution in [0.2, 0.25) is 0 Å². The SMILES string of the molecule is C=C1C(OCC(C)C)C(O)C(OC(=O)c2cccnc2)C(C)(C)/C=C\C(C)C(OC(C)=O)C2(O)CC(C)(OC(C)=O)C(OC(=O)c3ccccc3)C2C1OC(C)=O. The number of esters is 5. The fraction of sp³-hybridized carbons (Fsp3) is 0.535. The van der Waals surface area contributed by atoms with Crippen LogP contribution in [0.3, 0.4) is 0 Å². The average molecular weight is 794 g/mol. The number of fused-ring (bicyclic) bond motifs is 1. The van der Waals surface area contributed by atoms with Crippen molar-refractivity contribution in [3.63, 3.8) is 0 Å². The van der Waals surface area contributed by atoms with Crippen molar-refractivity contribution >= 4 is 29.8 Å². The molecule has 14 heteroatoms. The number of aliphatic hydroxyl groups is 2. The standard InChI is InChI=1S/C43H55NO13/c1-24(2)22-52-35-26(4)34(53-27(5)45)32-37(55-39(49)30-15-12-11-13-16-30)42(10,57-29(7)47)23-43(32,51)36(54-28(6)46)25(3)18-19-41(8,9)38(33(35)48)56-40(50)31-17-14-20-44-21-31/h11-21,24-25,32-38,48,51H,4,22-23H2,1-3,5-10H3/b19-18-. The van der Waals surface area contributed by atoms with Crippen LogP contribution in [0.4, 0.5) is 0 Å². The number of ether oxygens (including phenoxy) is 6. The topological polar surface area (TPSA) is 194 Å². The van der Waals surface area contributed by atoms with E-state index in [4.69, 9.17) is 28.4 Å². The number of aromatic nitrogens is 1. The van der Waals surface area contributed by atoms with Gasteiger partial charge < -0.3 is 38.6 Å². The van der Waals surface area contributed by atoms with Gasteiger partial charge in [-0.1, -0.05) is 71.5 Å². The van der Waals surface area contributed by atoms with Crippen molar-refractivity contribution < 1.29 is 62.6 Å². The zero-order valence-corrected chi connectivity index (χ0v) is 34.0. The maximum absolute atomic E-state index is 13.9. The number of aliphatic hydroxyl groups excluding tert-OH is 1. The minimum atomic E-state index is -2.30. The monoisotopic (exact) mass is 793 g/mol. The second-order valence-electron chi connectivity index (χ2n) is 16.2. The Morgan fingerprint density at radius 3 is 1.98 bits per heavy atom. The molecule has 57 heavy (non-hydrogen) atoms. The van der Waals surface area contributed by atoms with Gasteiger partial charge in [0.2, 0.25) is 0 Å². The van der Waals surface area contributed by atoms with Gasteiger partial charge in [0.25, 0.3) is 0 Å². The average Bonchev–Trinajstić information content (AvgIpc) is 3.35. The van der Waals surface area contributed by atoms with E-state index in [-0.39, 0.29) is 29.2 Å². The van der Waals surface area contributed by atoms with Gasteiger partial charge in [-0.25, -0.2) is 9.59 Å². The molecular weight excluding hydrogens is 738 g/mol. The highest BCUT2D eigenvalue weighted by atomic mass is 16.6. The molecule has 2 aliphatic rings. The Morgan fingerprint density at radius 2 is 1.42 bits per heavy atom. The Kier molecular flexibility index (Phi) is 14.2. The Balaban J connectivity index is 2.06. The molecule has 0 aliphatic heterocycles. The number of carbonyl (C=O) groups excluding carboxylic acids is 5. The number of rotatable bonds is 10. The van der Waals surface area contributed by atoms with Crippen LogP contribution in [-0.2, 0) is 42.8 Å². The molecule has 1 aromatic carbocycles. The van der Waals surface area contributed by atoms with Crippen molar-refractivity contribution in [2.75, 3.05) is 6.61 Å². The summed E-state index contributed by atoms with van der Waals surface area (Å²) < 4.78 is 36.5. The normalized spacial score (nSPS) is 31.8. The Hall–Kier alpha value is -4.92. The third-order valence-corrected chi connectivity index (χ3v) is 10.3. The van der Waals surface area contributed by atoms with E-state index >= 15 is 0 Å². The molecule has 1 saturated carbocycles. The van der Waals surface area contributed by atoms with Crippen LogP contribution < -0.4 is 0 Å². The van der Waals surface area contributed by atoms with Gasteiger partial charge in [0.1, 0.15) is 41.7 Å². The van der Waals surface area contributed by atoms with E-state index < -0.39 is 101 Å². The lowest BCUT2D eigenvalue weighted by Gasteiger charge is -2.46. The number of hydrogen-bond donors (Lipinski definition) is 2. The zero-order valence-electron chi connectivity index (χ0n) is 34.0. The van der Waals surface area contributed by atoms with Gasteiger partial charge in [-0.2, -0.15) is 0 Å². The molecule has 0 radical (unpaired) electrons. The number of benzene rings is 1. The highest BCUT2D eigenvalue weighted by Gasteiger charge is 2.70. The molecule has 0 spiro atoms. The van der Waals surface area contributed by atoms with Gasteiger partial charge in [-0.3, -0.25) is 19.4 Å². The molecule has 10 unspecified atom stereocenters. The Bertz CT molecular complexity index is 1810. The molecule has 10 atom stereocenters. The summed E-state index contributed by atoms with van der Waals surface area (Å²) in [4.78, 5) is 70.4. The molecule has 2 aliphatic carbocycles. The van der Waals surface area contributed by atoms with E-state index in [1.807, 2.05) is 13.8 Å². The summed E-state index contributed by atoms with van der Waals surface area (Å²) in [7, 11) is 0. The number of pyridine rings is 1. The van der Waals surface area contributed by atoms with Crippen molar-refractivity contribution in [2.45, 2.75) is 117 Å². The molecule has 0 saturated heterocycles. The summed E-state index contributed by atoms with van der Waals surface area (Å²) in [5, 5.41) is 25.7. The first-order valence-corrected chi connectivity index (χ1v) is 18.9. The third kappa shape index (κ3) is 10.3. The number of nitrogens with zero attached hydrogens (tertiary/aromatic N) is 1. The second-order valence-corrected chi connectivity index (χ2v) is 16.2. The van der Waals surface area contributed by atoms with Gasteiger partial charge in [-0.05, 0) is 42.7 Å². The maximum atomic E-state index is 13.9. The summed E-state index contributed by atoms with van der Waals surface area (Å²) in [6, 6.07) is 11.0. The van der Waals surface area contributed by atoms with Crippen molar-refractivity contribution in [1.82, 2.24) is 4.98 Å². The van der Waals surface area contributed by atoms with Crippen LogP contribution in [0.25, 0.3) is 0 Å². The molecular formula is C43H55NO13. The summed E-state index contributed by atoms with van der Waals surface area (Å²) in [6.45, 7) is 18.0. The predicted octanol–water partition coefficient (Wildman–Crippen LogP) is 4.96. The van der Waals surface area contributed by atoms with E-state index in [0.29, 0.717) is 0 Å². The lowest BCUT2D eigenvalue weighted by molar-refractivity contribution is -0.193. The summed E-state index contributed by atoms with van der Waals surface area (Å²) in [5.41, 5.74) is -5.21. The third-order valence-electron chi connectivity index (χ3n) is 10.3. The van der Waals surface area contributed by atoms with Crippen LogP contribution >= 0.6 is 0 Å². The minimum Gasteiger partial charge on any atom is -0.459 e. The molecule has 14 nitrogen and oxygen atoms in total. The molecule has 1 heterocycles. The van der Waals surface area contributed by atoms with Gasteiger partial charge in [0.05, 0.1) is 17.0 Å². The minimum absolute atomic E-state index is 0.0344. The Labute approximate surface area is 333 Å². The van der Waals surface area contributed by atoms with Crippen molar-refractivity contribution in [2.24, 2.45) is 23.2 Å². The van der Waals surface area contributed by atoms with E-state index in [0.717, 1.165) is 20.8 Å². The van der Waals surface area contributed by atoms with Crippen LogP contribution in [-0.4, -0.2) is 99.5 Å². The zero-order chi connectivity index (χ0) is 42.5. The van der Waals surface area contributed by atoms with Crippen LogP contribution in [0.5, 0.6) is 0 Å². The maximum Gasteiger partial charge on any atom is 0.340 e. The highest BCUT2D eigenvalue weighted by Crippen LogP contribution is 2.54. The van der Waals surface area contributed by atoms with Gasteiger partial charge >= 0.3 is 29.8 Å². The van der Waals surface area contributed by atoms with Gasteiger partial charge in [-0.15, -0.1) is 0 Å². The van der Waals surface area contributed by atoms with Crippen molar-refractivity contribution in [3.05, 3.63) is 90.3 Å².